The molecule has 38 heavy (non-hydrogen) atoms. The SMILES string of the molecule is O=C(NCc1nc(NC2CCCC2)c2ncn(C3OC(CO)C(O)C3O)c2n1)c1ccc(S(=O)(=O)O)cc1. The average molecular weight is 549 g/mol. The fraction of sp³-hybridized carbons (Fsp3) is 0.478. The van der Waals surface area contributed by atoms with Crippen molar-refractivity contribution in [2.24, 2.45) is 0 Å². The van der Waals surface area contributed by atoms with Gasteiger partial charge in [0.2, 0.25) is 0 Å². The number of rotatable bonds is 8. The van der Waals surface area contributed by atoms with Gasteiger partial charge in [-0.05, 0) is 37.1 Å². The molecule has 0 radical (unpaired) electrons. The van der Waals surface area contributed by atoms with Crippen molar-refractivity contribution in [1.29, 1.82) is 0 Å². The number of amides is 1. The smallest absolute Gasteiger partial charge is 0.294 e. The van der Waals surface area contributed by atoms with Crippen LogP contribution in [0.3, 0.4) is 0 Å². The molecule has 2 fully saturated rings. The number of imidazole rings is 1. The van der Waals surface area contributed by atoms with Crippen LogP contribution in [0.5, 0.6) is 0 Å². The molecule has 4 atom stereocenters. The molecule has 0 bridgehead atoms. The number of hydrogen-bond donors (Lipinski definition) is 6. The van der Waals surface area contributed by atoms with Gasteiger partial charge in [-0.2, -0.15) is 8.42 Å². The summed E-state index contributed by atoms with van der Waals surface area (Å²) in [7, 11) is -4.38. The summed E-state index contributed by atoms with van der Waals surface area (Å²) in [4.78, 5) is 25.8. The van der Waals surface area contributed by atoms with Crippen molar-refractivity contribution in [2.45, 2.75) is 67.7 Å². The predicted molar refractivity (Wildman–Crippen MR) is 132 cm³/mol. The van der Waals surface area contributed by atoms with E-state index in [4.69, 9.17) is 9.29 Å². The maximum absolute atomic E-state index is 12.7. The highest BCUT2D eigenvalue weighted by Crippen LogP contribution is 2.33. The predicted octanol–water partition coefficient (Wildman–Crippen LogP) is -0.0310. The van der Waals surface area contributed by atoms with E-state index in [0.29, 0.717) is 17.0 Å². The molecule has 3 heterocycles. The van der Waals surface area contributed by atoms with E-state index in [0.717, 1.165) is 37.8 Å². The molecule has 14 nitrogen and oxygen atoms in total. The van der Waals surface area contributed by atoms with Crippen molar-refractivity contribution in [2.75, 3.05) is 11.9 Å². The van der Waals surface area contributed by atoms with E-state index in [1.54, 1.807) is 0 Å². The molecular formula is C23H28N6O8S. The van der Waals surface area contributed by atoms with Crippen LogP contribution >= 0.6 is 0 Å². The van der Waals surface area contributed by atoms with Crippen LogP contribution in [-0.4, -0.2) is 84.7 Å². The Morgan fingerprint density at radius 3 is 2.45 bits per heavy atom. The van der Waals surface area contributed by atoms with Crippen LogP contribution in [0.4, 0.5) is 5.82 Å². The van der Waals surface area contributed by atoms with Gasteiger partial charge in [0.15, 0.2) is 29.0 Å². The zero-order valence-corrected chi connectivity index (χ0v) is 21.0. The number of benzene rings is 1. The van der Waals surface area contributed by atoms with Crippen molar-refractivity contribution in [1.82, 2.24) is 24.8 Å². The van der Waals surface area contributed by atoms with Gasteiger partial charge in [-0.25, -0.2) is 15.0 Å². The van der Waals surface area contributed by atoms with E-state index in [-0.39, 0.29) is 28.9 Å². The molecule has 1 saturated heterocycles. The fourth-order valence-corrected chi connectivity index (χ4v) is 5.22. The number of aliphatic hydroxyl groups excluding tert-OH is 3. The van der Waals surface area contributed by atoms with Crippen LogP contribution in [0.15, 0.2) is 35.5 Å². The molecule has 1 amide bonds. The molecule has 4 unspecified atom stereocenters. The summed E-state index contributed by atoms with van der Waals surface area (Å²) in [6.45, 7) is -0.567. The molecule has 15 heteroatoms. The van der Waals surface area contributed by atoms with Gasteiger partial charge in [0, 0.05) is 11.6 Å². The van der Waals surface area contributed by atoms with Crippen molar-refractivity contribution in [3.05, 3.63) is 42.0 Å². The third kappa shape index (κ3) is 5.21. The molecule has 5 rings (SSSR count). The zero-order chi connectivity index (χ0) is 27.0. The lowest BCUT2D eigenvalue weighted by Crippen LogP contribution is -2.33. The molecule has 1 aliphatic carbocycles. The molecule has 204 valence electrons. The largest absolute Gasteiger partial charge is 0.394 e. The van der Waals surface area contributed by atoms with Crippen molar-refractivity contribution < 1.29 is 37.8 Å². The molecule has 1 saturated carbocycles. The standard InChI is InChI=1S/C23H28N6O8S/c30-10-15-18(31)19(32)23(37-15)29-11-25-17-20(26-13-3-1-2-4-13)27-16(28-21(17)29)9-24-22(33)12-5-7-14(8-6-12)38(34,35)36/h5-8,11,13,15,18-19,23,30-32H,1-4,9-10H2,(H,24,33)(H,26,27,28)(H,34,35,36). The maximum Gasteiger partial charge on any atom is 0.294 e. The third-order valence-electron chi connectivity index (χ3n) is 6.78. The minimum absolute atomic E-state index is 0.0880. The zero-order valence-electron chi connectivity index (χ0n) is 20.1. The Bertz CT molecular complexity index is 1420. The van der Waals surface area contributed by atoms with Crippen LogP contribution < -0.4 is 10.6 Å². The van der Waals surface area contributed by atoms with Gasteiger partial charge in [0.25, 0.3) is 16.0 Å². The van der Waals surface area contributed by atoms with Gasteiger partial charge in [0.1, 0.15) is 18.3 Å². The highest BCUT2D eigenvalue weighted by molar-refractivity contribution is 7.85. The lowest BCUT2D eigenvalue weighted by atomic mass is 10.1. The highest BCUT2D eigenvalue weighted by atomic mass is 32.2. The maximum atomic E-state index is 12.7. The number of carbonyl (C=O) groups is 1. The lowest BCUT2D eigenvalue weighted by Gasteiger charge is -2.18. The normalized spacial score (nSPS) is 24.2. The van der Waals surface area contributed by atoms with Gasteiger partial charge >= 0.3 is 0 Å². The monoisotopic (exact) mass is 548 g/mol. The van der Waals surface area contributed by atoms with E-state index < -0.39 is 47.2 Å². The Balaban J connectivity index is 1.42. The lowest BCUT2D eigenvalue weighted by molar-refractivity contribution is -0.0511. The topological polar surface area (TPSA) is 209 Å². The first kappa shape index (κ1) is 26.4. The summed E-state index contributed by atoms with van der Waals surface area (Å²) in [6, 6.07) is 4.97. The van der Waals surface area contributed by atoms with Crippen LogP contribution in [0.25, 0.3) is 11.2 Å². The Morgan fingerprint density at radius 2 is 1.82 bits per heavy atom. The van der Waals surface area contributed by atoms with Crippen LogP contribution in [0.2, 0.25) is 0 Å². The molecule has 1 aliphatic heterocycles. The summed E-state index contributed by atoms with van der Waals surface area (Å²) in [5.74, 6) is 0.168. The number of anilines is 1. The van der Waals surface area contributed by atoms with E-state index in [2.05, 4.69) is 25.6 Å². The van der Waals surface area contributed by atoms with Gasteiger partial charge in [-0.1, -0.05) is 12.8 Å². The van der Waals surface area contributed by atoms with Gasteiger partial charge in [-0.3, -0.25) is 13.9 Å². The molecule has 2 aromatic heterocycles. The minimum atomic E-state index is -4.38. The van der Waals surface area contributed by atoms with Gasteiger partial charge in [-0.15, -0.1) is 0 Å². The second kappa shape index (κ2) is 10.5. The first-order chi connectivity index (χ1) is 18.2. The Hall–Kier alpha value is -3.21. The summed E-state index contributed by atoms with van der Waals surface area (Å²) in [5.41, 5.74) is 0.891. The van der Waals surface area contributed by atoms with Crippen molar-refractivity contribution in [3.63, 3.8) is 0 Å². The minimum Gasteiger partial charge on any atom is -0.394 e. The molecule has 3 aromatic rings. The first-order valence-electron chi connectivity index (χ1n) is 12.1. The second-order valence-corrected chi connectivity index (χ2v) is 10.8. The molecular weight excluding hydrogens is 520 g/mol. The Labute approximate surface area is 217 Å². The summed E-state index contributed by atoms with van der Waals surface area (Å²) >= 11 is 0. The molecule has 0 spiro atoms. The number of fused-ring (bicyclic) bond motifs is 1. The highest BCUT2D eigenvalue weighted by Gasteiger charge is 2.44. The fourth-order valence-electron chi connectivity index (χ4n) is 4.74. The van der Waals surface area contributed by atoms with E-state index in [9.17, 15) is 28.5 Å². The van der Waals surface area contributed by atoms with E-state index in [1.807, 2.05) is 0 Å². The molecule has 1 aromatic carbocycles. The van der Waals surface area contributed by atoms with Crippen molar-refractivity contribution >= 4 is 33.0 Å². The quantitative estimate of drug-likeness (QED) is 0.205. The van der Waals surface area contributed by atoms with Gasteiger partial charge in [0.05, 0.1) is 24.4 Å². The number of nitrogens with zero attached hydrogens (tertiary/aromatic N) is 4. The van der Waals surface area contributed by atoms with E-state index >= 15 is 0 Å². The molecule has 6 N–H and O–H groups in total. The Morgan fingerprint density at radius 1 is 1.11 bits per heavy atom. The van der Waals surface area contributed by atoms with Crippen LogP contribution in [-0.2, 0) is 21.4 Å². The average Bonchev–Trinajstić information content (AvgIpc) is 3.62. The Kier molecular flexibility index (Phi) is 7.30. The number of aromatic nitrogens is 4. The van der Waals surface area contributed by atoms with Crippen LogP contribution in [0, 0.1) is 0 Å². The number of nitrogens with one attached hydrogen (secondary N) is 2. The summed E-state index contributed by atoms with van der Waals surface area (Å²) < 4.78 is 38.7. The number of aliphatic hydroxyl groups is 3. The second-order valence-electron chi connectivity index (χ2n) is 9.35. The third-order valence-corrected chi connectivity index (χ3v) is 7.64. The molecule has 2 aliphatic rings. The first-order valence-corrected chi connectivity index (χ1v) is 13.6. The number of hydrogen-bond acceptors (Lipinski definition) is 11. The van der Waals surface area contributed by atoms with Gasteiger partial charge < -0.3 is 30.7 Å². The van der Waals surface area contributed by atoms with Crippen molar-refractivity contribution in [3.8, 4) is 0 Å². The van der Waals surface area contributed by atoms with Crippen LogP contribution in [0.1, 0.15) is 48.1 Å². The summed E-state index contributed by atoms with van der Waals surface area (Å²) in [6.07, 6.45) is 0.856. The number of ether oxygens (including phenoxy) is 1. The van der Waals surface area contributed by atoms with E-state index in [1.165, 1.54) is 23.0 Å². The summed E-state index contributed by atoms with van der Waals surface area (Å²) in [5, 5.41) is 36.3. The number of carbonyl (C=O) groups excluding carboxylic acids is 1.